The first kappa shape index (κ1) is 21.8. The van der Waals surface area contributed by atoms with Gasteiger partial charge in [-0.1, -0.05) is 47.6 Å². The molecule has 0 bridgehead atoms. The number of carbonyl (C=O) groups is 2. The fourth-order valence-corrected chi connectivity index (χ4v) is 6.59. The van der Waals surface area contributed by atoms with Crippen LogP contribution in [0.3, 0.4) is 0 Å². The molecule has 0 radical (unpaired) electrons. The lowest BCUT2D eigenvalue weighted by atomic mass is 9.61. The van der Waals surface area contributed by atoms with Crippen LogP contribution in [-0.2, 0) is 18.8 Å². The lowest BCUT2D eigenvalue weighted by Crippen LogP contribution is -2.54. The number of carbonyl (C=O) groups excluding carboxylic acids is 2. The highest BCUT2D eigenvalue weighted by molar-refractivity contribution is 6.74. The molecule has 0 unspecified atom stereocenters. The molecule has 0 aromatic heterocycles. The highest BCUT2D eigenvalue weighted by atomic mass is 28.4. The lowest BCUT2D eigenvalue weighted by Gasteiger charge is -2.48. The second kappa shape index (κ2) is 6.53. The van der Waals surface area contributed by atoms with Gasteiger partial charge >= 0.3 is 5.97 Å². The number of rotatable bonds is 4. The summed E-state index contributed by atoms with van der Waals surface area (Å²) < 4.78 is 12.5. The molecule has 4 atom stereocenters. The van der Waals surface area contributed by atoms with Gasteiger partial charge in [0.2, 0.25) is 0 Å². The summed E-state index contributed by atoms with van der Waals surface area (Å²) in [6.07, 6.45) is 3.81. The van der Waals surface area contributed by atoms with Crippen molar-refractivity contribution in [3.63, 3.8) is 0 Å². The first-order valence-corrected chi connectivity index (χ1v) is 13.7. The summed E-state index contributed by atoms with van der Waals surface area (Å²) in [7, 11) is -2.08. The van der Waals surface area contributed by atoms with Crippen LogP contribution in [0.25, 0.3) is 0 Å². The number of esters is 1. The Morgan fingerprint density at radius 3 is 2.29 bits per heavy atom. The van der Waals surface area contributed by atoms with Gasteiger partial charge < -0.3 is 9.16 Å². The molecule has 0 aliphatic heterocycles. The normalized spacial score (nSPS) is 33.5. The summed E-state index contributed by atoms with van der Waals surface area (Å²) >= 11 is 0. The van der Waals surface area contributed by atoms with Gasteiger partial charge in [0.25, 0.3) is 0 Å². The molecular formula is C23H38O4Si. The highest BCUT2D eigenvalue weighted by Crippen LogP contribution is 2.67. The van der Waals surface area contributed by atoms with E-state index in [2.05, 4.69) is 53.8 Å². The SMILES string of the molecule is CCOC(=O)[C@@H]1[C@@H]2C(=CC(C)(C)[C@H]2O[Si](C)(C)C(C)(C)C)C(=O)[C@@H](C)C12CC2. The number of hydrogen-bond acceptors (Lipinski definition) is 4. The van der Waals surface area contributed by atoms with Crippen molar-refractivity contribution in [3.8, 4) is 0 Å². The number of ketones is 1. The third-order valence-electron chi connectivity index (χ3n) is 8.06. The third kappa shape index (κ3) is 3.13. The standard InChI is InChI=1S/C23H38O4Si/c1-10-26-20(25)17-16-15(18(24)14(2)23(17)11-12-23)13-22(6,7)19(16)27-28(8,9)21(3,4)5/h13-14,16-17,19H,10-12H2,1-9H3/t14-,16+,17+,19+/m1/s1. The maximum Gasteiger partial charge on any atom is 0.310 e. The largest absolute Gasteiger partial charge is 0.466 e. The van der Waals surface area contributed by atoms with Crippen LogP contribution >= 0.6 is 0 Å². The van der Waals surface area contributed by atoms with E-state index >= 15 is 0 Å². The van der Waals surface area contributed by atoms with E-state index in [1.807, 2.05) is 13.8 Å². The molecule has 0 aromatic rings. The van der Waals surface area contributed by atoms with Crippen LogP contribution in [0.1, 0.15) is 61.3 Å². The van der Waals surface area contributed by atoms with Crippen LogP contribution in [0.2, 0.25) is 18.1 Å². The highest BCUT2D eigenvalue weighted by Gasteiger charge is 2.68. The van der Waals surface area contributed by atoms with Crippen LogP contribution in [0.15, 0.2) is 11.6 Å². The molecule has 0 amide bonds. The van der Waals surface area contributed by atoms with Crippen LogP contribution in [0, 0.1) is 28.6 Å². The number of Topliss-reactive ketones (excluding diaryl/α,β-unsaturated/α-hetero) is 1. The Bertz CT molecular complexity index is 709. The third-order valence-corrected chi connectivity index (χ3v) is 12.5. The average Bonchev–Trinajstić information content (AvgIpc) is 3.29. The van der Waals surface area contributed by atoms with Crippen molar-refractivity contribution in [2.45, 2.75) is 85.5 Å². The van der Waals surface area contributed by atoms with Crippen molar-refractivity contribution in [2.75, 3.05) is 6.61 Å². The Hall–Kier alpha value is -0.943. The van der Waals surface area contributed by atoms with Gasteiger partial charge in [0.15, 0.2) is 14.1 Å². The molecule has 3 aliphatic carbocycles. The minimum Gasteiger partial charge on any atom is -0.466 e. The number of fused-ring (bicyclic) bond motifs is 1. The van der Waals surface area contributed by atoms with E-state index in [1.54, 1.807) is 0 Å². The molecule has 3 aliphatic rings. The maximum atomic E-state index is 13.3. The molecule has 0 N–H and O–H groups in total. The summed E-state index contributed by atoms with van der Waals surface area (Å²) in [4.78, 5) is 26.5. The molecule has 1 spiro atoms. The molecular weight excluding hydrogens is 368 g/mol. The fraction of sp³-hybridized carbons (Fsp3) is 0.826. The van der Waals surface area contributed by atoms with Crippen molar-refractivity contribution >= 4 is 20.1 Å². The van der Waals surface area contributed by atoms with Gasteiger partial charge in [0.1, 0.15) is 0 Å². The first-order chi connectivity index (χ1) is 12.7. The molecule has 28 heavy (non-hydrogen) atoms. The average molecular weight is 407 g/mol. The van der Waals surface area contributed by atoms with Crippen molar-refractivity contribution in [3.05, 3.63) is 11.6 Å². The Balaban J connectivity index is 2.07. The van der Waals surface area contributed by atoms with E-state index in [9.17, 15) is 9.59 Å². The Morgan fingerprint density at radius 1 is 1.25 bits per heavy atom. The van der Waals surface area contributed by atoms with Gasteiger partial charge in [-0.2, -0.15) is 0 Å². The Kier molecular flexibility index (Phi) is 5.07. The zero-order valence-electron chi connectivity index (χ0n) is 19.1. The van der Waals surface area contributed by atoms with E-state index < -0.39 is 8.32 Å². The first-order valence-electron chi connectivity index (χ1n) is 10.8. The summed E-state index contributed by atoms with van der Waals surface area (Å²) in [6, 6.07) is 0. The van der Waals surface area contributed by atoms with E-state index in [1.165, 1.54) is 0 Å². The molecule has 0 saturated heterocycles. The van der Waals surface area contributed by atoms with Gasteiger partial charge in [-0.15, -0.1) is 0 Å². The fourth-order valence-electron chi connectivity index (χ4n) is 5.15. The lowest BCUT2D eigenvalue weighted by molar-refractivity contribution is -0.159. The smallest absolute Gasteiger partial charge is 0.310 e. The van der Waals surface area contributed by atoms with E-state index in [-0.39, 0.29) is 51.5 Å². The van der Waals surface area contributed by atoms with Crippen LogP contribution in [0.5, 0.6) is 0 Å². The monoisotopic (exact) mass is 406 g/mol. The minimum absolute atomic E-state index is 0.0640. The zero-order chi connectivity index (χ0) is 21.3. The Morgan fingerprint density at radius 2 is 1.82 bits per heavy atom. The van der Waals surface area contributed by atoms with Crippen molar-refractivity contribution in [1.29, 1.82) is 0 Å². The van der Waals surface area contributed by atoms with Gasteiger partial charge in [0.05, 0.1) is 18.6 Å². The van der Waals surface area contributed by atoms with Crippen LogP contribution in [0.4, 0.5) is 0 Å². The van der Waals surface area contributed by atoms with Gasteiger partial charge in [-0.25, -0.2) is 0 Å². The molecule has 5 heteroatoms. The quantitative estimate of drug-likeness (QED) is 0.479. The van der Waals surface area contributed by atoms with Crippen LogP contribution in [-0.4, -0.2) is 32.8 Å². The van der Waals surface area contributed by atoms with Crippen molar-refractivity contribution < 1.29 is 18.8 Å². The number of hydrogen-bond donors (Lipinski definition) is 0. The number of ether oxygens (including phenoxy) is 1. The Labute approximate surface area is 171 Å². The van der Waals surface area contributed by atoms with Crippen molar-refractivity contribution in [2.24, 2.45) is 28.6 Å². The van der Waals surface area contributed by atoms with E-state index in [0.29, 0.717) is 6.61 Å². The molecule has 0 heterocycles. The summed E-state index contributed by atoms with van der Waals surface area (Å²) in [5, 5.41) is 0.0640. The predicted molar refractivity (Wildman–Crippen MR) is 113 cm³/mol. The van der Waals surface area contributed by atoms with Gasteiger partial charge in [-0.05, 0) is 48.9 Å². The molecule has 158 valence electrons. The van der Waals surface area contributed by atoms with E-state index in [0.717, 1.165) is 18.4 Å². The van der Waals surface area contributed by atoms with Gasteiger partial charge in [0, 0.05) is 17.3 Å². The maximum absolute atomic E-state index is 13.3. The summed E-state index contributed by atoms with van der Waals surface area (Å²) in [5.41, 5.74) is 0.299. The predicted octanol–water partition coefficient (Wildman–Crippen LogP) is 5.14. The van der Waals surface area contributed by atoms with Crippen molar-refractivity contribution in [1.82, 2.24) is 0 Å². The molecule has 4 nitrogen and oxygen atoms in total. The van der Waals surface area contributed by atoms with Crippen LogP contribution < -0.4 is 0 Å². The zero-order valence-corrected chi connectivity index (χ0v) is 20.1. The molecule has 2 saturated carbocycles. The topological polar surface area (TPSA) is 52.6 Å². The molecule has 0 aromatic carbocycles. The second-order valence-corrected chi connectivity index (χ2v) is 16.1. The second-order valence-electron chi connectivity index (χ2n) is 11.3. The van der Waals surface area contributed by atoms with E-state index in [4.69, 9.17) is 9.16 Å². The van der Waals surface area contributed by atoms with Gasteiger partial charge in [-0.3, -0.25) is 9.59 Å². The molecule has 3 rings (SSSR count). The molecule has 2 fully saturated rings. The summed E-state index contributed by atoms with van der Waals surface area (Å²) in [5.74, 6) is -0.501. The summed E-state index contributed by atoms with van der Waals surface area (Å²) in [6.45, 7) is 19.7. The minimum atomic E-state index is -2.08.